The van der Waals surface area contributed by atoms with Crippen LogP contribution in [0.25, 0.3) is 0 Å². The van der Waals surface area contributed by atoms with Gasteiger partial charge in [0.25, 0.3) is 0 Å². The summed E-state index contributed by atoms with van der Waals surface area (Å²) < 4.78 is 0. The van der Waals surface area contributed by atoms with E-state index in [-0.39, 0.29) is 11.8 Å². The van der Waals surface area contributed by atoms with Crippen molar-refractivity contribution in [3.8, 4) is 12.3 Å². The minimum absolute atomic E-state index is 0.185. The van der Waals surface area contributed by atoms with Gasteiger partial charge in [0.05, 0.1) is 5.92 Å². The first-order chi connectivity index (χ1) is 8.34. The van der Waals surface area contributed by atoms with Gasteiger partial charge in [-0.15, -0.1) is 12.3 Å². The normalized spacial score (nSPS) is 19.6. The molecule has 96 valence electrons. The number of carbonyl (C=O) groups is 1. The first-order valence-electron chi connectivity index (χ1n) is 6.76. The maximum Gasteiger partial charge on any atom is 0.224 e. The Hall–Kier alpha value is -1.01. The summed E-state index contributed by atoms with van der Waals surface area (Å²) in [6.45, 7) is 2.71. The Morgan fingerprint density at radius 1 is 1.35 bits per heavy atom. The van der Waals surface area contributed by atoms with Crippen molar-refractivity contribution in [1.82, 2.24) is 10.6 Å². The molecule has 0 aliphatic carbocycles. The van der Waals surface area contributed by atoms with Crippen molar-refractivity contribution in [1.29, 1.82) is 0 Å². The summed E-state index contributed by atoms with van der Waals surface area (Å²) >= 11 is 0. The number of rotatable bonds is 7. The Labute approximate surface area is 105 Å². The van der Waals surface area contributed by atoms with Crippen molar-refractivity contribution in [2.45, 2.75) is 44.9 Å². The van der Waals surface area contributed by atoms with Crippen LogP contribution in [0.3, 0.4) is 0 Å². The van der Waals surface area contributed by atoms with Gasteiger partial charge in [-0.1, -0.05) is 12.8 Å². The van der Waals surface area contributed by atoms with Gasteiger partial charge in [0.15, 0.2) is 0 Å². The molecule has 1 amide bonds. The second-order valence-electron chi connectivity index (χ2n) is 4.70. The summed E-state index contributed by atoms with van der Waals surface area (Å²) in [7, 11) is 0. The quantitative estimate of drug-likeness (QED) is 0.521. The zero-order chi connectivity index (χ0) is 12.3. The third-order valence-electron chi connectivity index (χ3n) is 3.21. The third-order valence-corrected chi connectivity index (χ3v) is 3.21. The molecule has 1 saturated heterocycles. The molecule has 0 aromatic heterocycles. The van der Waals surface area contributed by atoms with E-state index in [1.807, 2.05) is 0 Å². The summed E-state index contributed by atoms with van der Waals surface area (Å²) in [6, 6.07) is 0. The fourth-order valence-electron chi connectivity index (χ4n) is 2.14. The zero-order valence-corrected chi connectivity index (χ0v) is 10.6. The topological polar surface area (TPSA) is 41.1 Å². The molecular weight excluding hydrogens is 212 g/mol. The largest absolute Gasteiger partial charge is 0.356 e. The number of hydrogen-bond donors (Lipinski definition) is 2. The molecule has 0 bridgehead atoms. The Kier molecular flexibility index (Phi) is 7.49. The molecule has 1 atom stereocenters. The van der Waals surface area contributed by atoms with Gasteiger partial charge < -0.3 is 10.6 Å². The predicted molar refractivity (Wildman–Crippen MR) is 70.5 cm³/mol. The Balaban J connectivity index is 1.95. The highest BCUT2D eigenvalue weighted by atomic mass is 16.1. The molecule has 1 rings (SSSR count). The number of unbranched alkanes of at least 4 members (excludes halogenated alkanes) is 4. The van der Waals surface area contributed by atoms with Gasteiger partial charge in [-0.2, -0.15) is 0 Å². The van der Waals surface area contributed by atoms with Crippen LogP contribution in [0.5, 0.6) is 0 Å². The molecule has 0 radical (unpaired) electrons. The van der Waals surface area contributed by atoms with E-state index < -0.39 is 0 Å². The van der Waals surface area contributed by atoms with Gasteiger partial charge in [-0.3, -0.25) is 4.79 Å². The monoisotopic (exact) mass is 236 g/mol. The maximum atomic E-state index is 11.8. The van der Waals surface area contributed by atoms with Gasteiger partial charge in [0.2, 0.25) is 5.91 Å². The van der Waals surface area contributed by atoms with Crippen LogP contribution in [0, 0.1) is 18.3 Å². The van der Waals surface area contributed by atoms with E-state index in [9.17, 15) is 4.79 Å². The smallest absolute Gasteiger partial charge is 0.224 e. The zero-order valence-electron chi connectivity index (χ0n) is 10.6. The van der Waals surface area contributed by atoms with E-state index in [2.05, 4.69) is 16.6 Å². The molecule has 2 N–H and O–H groups in total. The number of carbonyl (C=O) groups excluding carboxylic acids is 1. The van der Waals surface area contributed by atoms with Crippen LogP contribution >= 0.6 is 0 Å². The van der Waals surface area contributed by atoms with Crippen molar-refractivity contribution < 1.29 is 4.79 Å². The number of terminal acetylenes is 1. The van der Waals surface area contributed by atoms with E-state index in [4.69, 9.17) is 6.42 Å². The molecule has 0 spiro atoms. The summed E-state index contributed by atoms with van der Waals surface area (Å²) in [6.07, 6.45) is 12.7. The van der Waals surface area contributed by atoms with Crippen LogP contribution in [0.4, 0.5) is 0 Å². The van der Waals surface area contributed by atoms with Crippen LogP contribution in [0.2, 0.25) is 0 Å². The van der Waals surface area contributed by atoms with E-state index >= 15 is 0 Å². The van der Waals surface area contributed by atoms with E-state index in [1.54, 1.807) is 0 Å². The summed E-state index contributed by atoms with van der Waals surface area (Å²) in [4.78, 5) is 11.8. The molecule has 1 unspecified atom stereocenters. The summed E-state index contributed by atoms with van der Waals surface area (Å²) in [5.74, 6) is 3.05. The van der Waals surface area contributed by atoms with Crippen LogP contribution in [0.1, 0.15) is 44.9 Å². The molecular formula is C14H24N2O. The van der Waals surface area contributed by atoms with Crippen molar-refractivity contribution in [2.75, 3.05) is 19.6 Å². The Morgan fingerprint density at radius 2 is 2.18 bits per heavy atom. The van der Waals surface area contributed by atoms with Crippen molar-refractivity contribution >= 4 is 5.91 Å². The van der Waals surface area contributed by atoms with Gasteiger partial charge in [-0.05, 0) is 32.2 Å². The SMILES string of the molecule is C#CCCCCCCNC(=O)C1CCCNC1. The van der Waals surface area contributed by atoms with E-state index in [0.29, 0.717) is 0 Å². The maximum absolute atomic E-state index is 11.8. The lowest BCUT2D eigenvalue weighted by Gasteiger charge is -2.21. The minimum Gasteiger partial charge on any atom is -0.356 e. The highest BCUT2D eigenvalue weighted by Gasteiger charge is 2.19. The van der Waals surface area contributed by atoms with E-state index in [0.717, 1.165) is 58.2 Å². The Bertz CT molecular complexity index is 251. The van der Waals surface area contributed by atoms with Crippen LogP contribution in [-0.4, -0.2) is 25.5 Å². The lowest BCUT2D eigenvalue weighted by Crippen LogP contribution is -2.40. The predicted octanol–water partition coefficient (Wildman–Crippen LogP) is 1.69. The second kappa shape index (κ2) is 9.07. The molecule has 1 aliphatic rings. The summed E-state index contributed by atoms with van der Waals surface area (Å²) in [5, 5.41) is 6.28. The van der Waals surface area contributed by atoms with Gasteiger partial charge in [-0.25, -0.2) is 0 Å². The average Bonchev–Trinajstić information content (AvgIpc) is 2.38. The lowest BCUT2D eigenvalue weighted by molar-refractivity contribution is -0.125. The van der Waals surface area contributed by atoms with Gasteiger partial charge >= 0.3 is 0 Å². The highest BCUT2D eigenvalue weighted by Crippen LogP contribution is 2.09. The van der Waals surface area contributed by atoms with Crippen LogP contribution in [0.15, 0.2) is 0 Å². The molecule has 3 heteroatoms. The van der Waals surface area contributed by atoms with E-state index in [1.165, 1.54) is 6.42 Å². The first kappa shape index (κ1) is 14.1. The number of nitrogens with one attached hydrogen (secondary N) is 2. The molecule has 0 aromatic rings. The van der Waals surface area contributed by atoms with Gasteiger partial charge in [0.1, 0.15) is 0 Å². The Morgan fingerprint density at radius 3 is 2.88 bits per heavy atom. The molecule has 0 aromatic carbocycles. The van der Waals surface area contributed by atoms with Crippen molar-refractivity contribution in [3.63, 3.8) is 0 Å². The standard InChI is InChI=1S/C14H24N2O/c1-2-3-4-5-6-7-11-16-14(17)13-9-8-10-15-12-13/h1,13,15H,3-12H2,(H,16,17). The number of amides is 1. The number of hydrogen-bond acceptors (Lipinski definition) is 2. The molecule has 1 aliphatic heterocycles. The summed E-state index contributed by atoms with van der Waals surface area (Å²) in [5.41, 5.74) is 0. The fraction of sp³-hybridized carbons (Fsp3) is 0.786. The lowest BCUT2D eigenvalue weighted by atomic mass is 9.99. The molecule has 3 nitrogen and oxygen atoms in total. The minimum atomic E-state index is 0.185. The second-order valence-corrected chi connectivity index (χ2v) is 4.70. The molecule has 1 fully saturated rings. The molecule has 0 saturated carbocycles. The first-order valence-corrected chi connectivity index (χ1v) is 6.76. The molecule has 17 heavy (non-hydrogen) atoms. The van der Waals surface area contributed by atoms with Crippen molar-refractivity contribution in [2.24, 2.45) is 5.92 Å². The van der Waals surface area contributed by atoms with Crippen molar-refractivity contribution in [3.05, 3.63) is 0 Å². The third kappa shape index (κ3) is 6.33. The molecule has 1 heterocycles. The van der Waals surface area contributed by atoms with Gasteiger partial charge in [0, 0.05) is 19.5 Å². The van der Waals surface area contributed by atoms with Crippen LogP contribution < -0.4 is 10.6 Å². The fourth-order valence-corrected chi connectivity index (χ4v) is 2.14. The number of piperidine rings is 1. The highest BCUT2D eigenvalue weighted by molar-refractivity contribution is 5.78. The average molecular weight is 236 g/mol. The van der Waals surface area contributed by atoms with Crippen LogP contribution in [-0.2, 0) is 4.79 Å².